The zero-order chi connectivity index (χ0) is 13.4. The summed E-state index contributed by atoms with van der Waals surface area (Å²) in [6.07, 6.45) is 7.47. The molecule has 2 unspecified atom stereocenters. The minimum atomic E-state index is 0.292. The second-order valence-corrected chi connectivity index (χ2v) is 6.45. The monoisotopic (exact) mass is 280 g/mol. The molecule has 2 atom stereocenters. The molecule has 0 bridgehead atoms. The average molecular weight is 281 g/mol. The lowest BCUT2D eigenvalue weighted by Crippen LogP contribution is -2.25. The van der Waals surface area contributed by atoms with Gasteiger partial charge in [0, 0.05) is 11.5 Å². The van der Waals surface area contributed by atoms with Crippen LogP contribution in [-0.4, -0.2) is 16.1 Å². The third-order valence-corrected chi connectivity index (χ3v) is 4.54. The second kappa shape index (κ2) is 5.28. The van der Waals surface area contributed by atoms with Crippen LogP contribution in [0.5, 0.6) is 5.88 Å². The van der Waals surface area contributed by atoms with Gasteiger partial charge in [-0.15, -0.1) is 0 Å². The van der Waals surface area contributed by atoms with Gasteiger partial charge in [0.25, 0.3) is 0 Å². The molecule has 0 saturated heterocycles. The summed E-state index contributed by atoms with van der Waals surface area (Å²) in [5, 5.41) is 0.552. The van der Waals surface area contributed by atoms with Crippen LogP contribution in [0.1, 0.15) is 62.8 Å². The molecule has 3 rings (SSSR count). The maximum absolute atomic E-state index is 6.21. The molecule has 4 heteroatoms. The predicted octanol–water partition coefficient (Wildman–Crippen LogP) is 4.27. The lowest BCUT2D eigenvalue weighted by Gasteiger charge is -2.27. The lowest BCUT2D eigenvalue weighted by molar-refractivity contribution is 0.122. The molecular weight excluding hydrogens is 260 g/mol. The molecule has 2 saturated carbocycles. The Morgan fingerprint density at radius 3 is 2.63 bits per heavy atom. The molecule has 0 aliphatic heterocycles. The first-order chi connectivity index (χ1) is 9.13. The van der Waals surface area contributed by atoms with Gasteiger partial charge < -0.3 is 4.74 Å². The first-order valence-corrected chi connectivity index (χ1v) is 7.72. The summed E-state index contributed by atoms with van der Waals surface area (Å²) in [4.78, 5) is 8.97. The van der Waals surface area contributed by atoms with Crippen LogP contribution >= 0.6 is 11.6 Å². The van der Waals surface area contributed by atoms with Crippen LogP contribution in [0.2, 0.25) is 5.15 Å². The summed E-state index contributed by atoms with van der Waals surface area (Å²) in [6, 6.07) is 0. The highest BCUT2D eigenvalue weighted by atomic mass is 35.5. The number of aromatic nitrogens is 2. The maximum Gasteiger partial charge on any atom is 0.221 e. The van der Waals surface area contributed by atoms with Crippen molar-refractivity contribution in [2.24, 2.45) is 5.92 Å². The van der Waals surface area contributed by atoms with Crippen LogP contribution in [0, 0.1) is 12.8 Å². The summed E-state index contributed by atoms with van der Waals surface area (Å²) < 4.78 is 6.12. The van der Waals surface area contributed by atoms with Crippen molar-refractivity contribution in [1.82, 2.24) is 9.97 Å². The Bertz CT molecular complexity index is 473. The highest BCUT2D eigenvalue weighted by Gasteiger charge is 2.29. The summed E-state index contributed by atoms with van der Waals surface area (Å²) in [6.45, 7) is 4.24. The van der Waals surface area contributed by atoms with E-state index in [-0.39, 0.29) is 0 Å². The Kier molecular flexibility index (Phi) is 3.66. The van der Waals surface area contributed by atoms with Gasteiger partial charge in [-0.2, -0.15) is 4.98 Å². The molecule has 2 fully saturated rings. The van der Waals surface area contributed by atoms with Crippen LogP contribution in [0.15, 0.2) is 0 Å². The van der Waals surface area contributed by atoms with E-state index < -0.39 is 0 Å². The van der Waals surface area contributed by atoms with Crippen molar-refractivity contribution in [3.63, 3.8) is 0 Å². The third kappa shape index (κ3) is 3.02. The van der Waals surface area contributed by atoms with Gasteiger partial charge in [-0.05, 0) is 44.9 Å². The molecule has 2 aliphatic carbocycles. The molecule has 0 spiro atoms. The molecule has 1 heterocycles. The van der Waals surface area contributed by atoms with Gasteiger partial charge >= 0.3 is 0 Å². The molecule has 104 valence electrons. The fourth-order valence-electron chi connectivity index (χ4n) is 2.77. The summed E-state index contributed by atoms with van der Waals surface area (Å²) >= 11 is 6.21. The van der Waals surface area contributed by atoms with E-state index in [0.29, 0.717) is 23.1 Å². The van der Waals surface area contributed by atoms with Crippen LogP contribution in [0.4, 0.5) is 0 Å². The van der Waals surface area contributed by atoms with Crippen molar-refractivity contribution in [2.75, 3.05) is 0 Å². The van der Waals surface area contributed by atoms with Crippen molar-refractivity contribution in [1.29, 1.82) is 0 Å². The van der Waals surface area contributed by atoms with Gasteiger partial charge in [-0.1, -0.05) is 24.9 Å². The van der Waals surface area contributed by atoms with Gasteiger partial charge in [-0.3, -0.25) is 0 Å². The number of hydrogen-bond donors (Lipinski definition) is 0. The quantitative estimate of drug-likeness (QED) is 0.776. The van der Waals surface area contributed by atoms with Crippen LogP contribution in [-0.2, 0) is 0 Å². The number of nitrogens with zero attached hydrogens (tertiary/aromatic N) is 2. The van der Waals surface area contributed by atoms with E-state index in [2.05, 4.69) is 16.9 Å². The molecule has 0 aromatic carbocycles. The minimum absolute atomic E-state index is 0.292. The van der Waals surface area contributed by atoms with E-state index in [1.807, 2.05) is 6.92 Å². The normalized spacial score (nSPS) is 27.3. The summed E-state index contributed by atoms with van der Waals surface area (Å²) in [7, 11) is 0. The maximum atomic E-state index is 6.21. The third-order valence-electron chi connectivity index (χ3n) is 4.17. The van der Waals surface area contributed by atoms with E-state index >= 15 is 0 Å². The molecule has 0 amide bonds. The Morgan fingerprint density at radius 2 is 1.95 bits per heavy atom. The Balaban J connectivity index is 1.78. The number of ether oxygens (including phenoxy) is 1. The first kappa shape index (κ1) is 13.2. The van der Waals surface area contributed by atoms with Crippen molar-refractivity contribution >= 4 is 11.6 Å². The van der Waals surface area contributed by atoms with Crippen molar-refractivity contribution < 1.29 is 4.74 Å². The lowest BCUT2D eigenvalue weighted by atomic mass is 9.89. The predicted molar refractivity (Wildman–Crippen MR) is 75.8 cm³/mol. The molecule has 0 N–H and O–H groups in total. The van der Waals surface area contributed by atoms with Crippen molar-refractivity contribution in [3.8, 4) is 5.88 Å². The van der Waals surface area contributed by atoms with Crippen LogP contribution in [0.25, 0.3) is 0 Å². The van der Waals surface area contributed by atoms with Crippen molar-refractivity contribution in [3.05, 3.63) is 16.5 Å². The minimum Gasteiger partial charge on any atom is -0.474 e. The van der Waals surface area contributed by atoms with Crippen LogP contribution < -0.4 is 4.74 Å². The van der Waals surface area contributed by atoms with Crippen LogP contribution in [0.3, 0.4) is 0 Å². The summed E-state index contributed by atoms with van der Waals surface area (Å²) in [5.74, 6) is 2.83. The topological polar surface area (TPSA) is 35.0 Å². The Labute approximate surface area is 119 Å². The zero-order valence-electron chi connectivity index (χ0n) is 11.7. The second-order valence-electron chi connectivity index (χ2n) is 6.09. The first-order valence-electron chi connectivity index (χ1n) is 7.34. The van der Waals surface area contributed by atoms with Gasteiger partial charge in [0.2, 0.25) is 5.88 Å². The highest BCUT2D eigenvalue weighted by molar-refractivity contribution is 6.30. The molecule has 0 radical (unpaired) electrons. The molecule has 1 aromatic heterocycles. The van der Waals surface area contributed by atoms with Crippen molar-refractivity contribution in [2.45, 2.75) is 64.4 Å². The van der Waals surface area contributed by atoms with Gasteiger partial charge in [0.15, 0.2) is 0 Å². The van der Waals surface area contributed by atoms with Gasteiger partial charge in [0.1, 0.15) is 17.1 Å². The Hall–Kier alpha value is -0.830. The fraction of sp³-hybridized carbons (Fsp3) is 0.733. The largest absolute Gasteiger partial charge is 0.474 e. The summed E-state index contributed by atoms with van der Waals surface area (Å²) in [5.41, 5.74) is 0.879. The smallest absolute Gasteiger partial charge is 0.221 e. The highest BCUT2D eigenvalue weighted by Crippen LogP contribution is 2.40. The Morgan fingerprint density at radius 1 is 1.16 bits per heavy atom. The number of hydrogen-bond acceptors (Lipinski definition) is 3. The van der Waals surface area contributed by atoms with Gasteiger partial charge in [-0.25, -0.2) is 4.98 Å². The number of halogens is 1. The van der Waals surface area contributed by atoms with E-state index in [9.17, 15) is 0 Å². The molecule has 1 aromatic rings. The fourth-order valence-corrected chi connectivity index (χ4v) is 2.94. The standard InChI is InChI=1S/C15H21ClN2O/c1-9-4-3-5-12(8-9)19-15-10(2)13(16)17-14(18-15)11-6-7-11/h9,11-12H,3-8H2,1-2H3. The van der Waals surface area contributed by atoms with E-state index in [1.165, 1.54) is 25.7 Å². The van der Waals surface area contributed by atoms with E-state index in [0.717, 1.165) is 30.1 Å². The molecule has 3 nitrogen and oxygen atoms in total. The van der Waals surface area contributed by atoms with Gasteiger partial charge in [0.05, 0.1) is 0 Å². The SMILES string of the molecule is Cc1c(Cl)nc(C2CC2)nc1OC1CCCC(C)C1. The molecule has 2 aliphatic rings. The number of rotatable bonds is 3. The molecular formula is C15H21ClN2O. The molecule has 19 heavy (non-hydrogen) atoms. The average Bonchev–Trinajstić information content (AvgIpc) is 3.19. The zero-order valence-corrected chi connectivity index (χ0v) is 12.4. The van der Waals surface area contributed by atoms with E-state index in [4.69, 9.17) is 16.3 Å². The van der Waals surface area contributed by atoms with E-state index in [1.54, 1.807) is 0 Å².